The van der Waals surface area contributed by atoms with E-state index in [2.05, 4.69) is 5.10 Å². The third-order valence-corrected chi connectivity index (χ3v) is 3.41. The molecule has 1 unspecified atom stereocenters. The third kappa shape index (κ3) is 1.85. The first kappa shape index (κ1) is 11.8. The van der Waals surface area contributed by atoms with Crippen LogP contribution in [0.3, 0.4) is 0 Å². The van der Waals surface area contributed by atoms with Gasteiger partial charge in [0.2, 0.25) is 0 Å². The fourth-order valence-electron chi connectivity index (χ4n) is 2.30. The summed E-state index contributed by atoms with van der Waals surface area (Å²) in [6, 6.07) is 1.90. The number of cyclic esters (lactones) is 1. The highest BCUT2D eigenvalue weighted by molar-refractivity contribution is 6.03. The molecular formula is C12H16N2O3. The number of aryl methyl sites for hydroxylation is 2. The van der Waals surface area contributed by atoms with Crippen LogP contribution in [0.5, 0.6) is 0 Å². The molecule has 2 rings (SSSR count). The summed E-state index contributed by atoms with van der Waals surface area (Å²) in [6.45, 7) is 3.67. The van der Waals surface area contributed by atoms with E-state index in [1.165, 1.54) is 6.92 Å². The SMILES string of the molecule is CC(=O)C1(Cc2cc(C)nn2C)CCOC1=O. The number of rotatable bonds is 3. The van der Waals surface area contributed by atoms with E-state index in [1.807, 2.05) is 20.0 Å². The van der Waals surface area contributed by atoms with Gasteiger partial charge in [-0.3, -0.25) is 14.3 Å². The monoisotopic (exact) mass is 236 g/mol. The Bertz CT molecular complexity index is 478. The third-order valence-electron chi connectivity index (χ3n) is 3.41. The van der Waals surface area contributed by atoms with Crippen LogP contribution in [0.4, 0.5) is 0 Å². The zero-order valence-corrected chi connectivity index (χ0v) is 10.3. The van der Waals surface area contributed by atoms with E-state index < -0.39 is 11.4 Å². The predicted molar refractivity (Wildman–Crippen MR) is 60.3 cm³/mol. The van der Waals surface area contributed by atoms with Gasteiger partial charge in [0.25, 0.3) is 0 Å². The number of ketones is 1. The highest BCUT2D eigenvalue weighted by Crippen LogP contribution is 2.35. The first-order valence-corrected chi connectivity index (χ1v) is 5.63. The maximum Gasteiger partial charge on any atom is 0.320 e. The summed E-state index contributed by atoms with van der Waals surface area (Å²) < 4.78 is 6.67. The first-order valence-electron chi connectivity index (χ1n) is 5.63. The number of aromatic nitrogens is 2. The number of Topliss-reactive ketones (excluding diaryl/α,β-unsaturated/α-hetero) is 1. The summed E-state index contributed by atoms with van der Waals surface area (Å²) in [7, 11) is 1.82. The molecule has 1 aliphatic heterocycles. The fraction of sp³-hybridized carbons (Fsp3) is 0.583. The second-order valence-corrected chi connectivity index (χ2v) is 4.60. The van der Waals surface area contributed by atoms with Gasteiger partial charge in [-0.1, -0.05) is 0 Å². The molecule has 0 aliphatic carbocycles. The zero-order valence-electron chi connectivity index (χ0n) is 10.3. The maximum atomic E-state index is 11.8. The molecule has 5 nitrogen and oxygen atoms in total. The van der Waals surface area contributed by atoms with Gasteiger partial charge in [-0.25, -0.2) is 0 Å². The van der Waals surface area contributed by atoms with Crippen molar-refractivity contribution in [3.63, 3.8) is 0 Å². The molecule has 0 aromatic carbocycles. The van der Waals surface area contributed by atoms with Crippen LogP contribution in [0.1, 0.15) is 24.7 Å². The van der Waals surface area contributed by atoms with Crippen molar-refractivity contribution in [2.24, 2.45) is 12.5 Å². The van der Waals surface area contributed by atoms with Crippen molar-refractivity contribution in [2.45, 2.75) is 26.7 Å². The molecule has 1 fully saturated rings. The van der Waals surface area contributed by atoms with Crippen molar-refractivity contribution in [1.82, 2.24) is 9.78 Å². The van der Waals surface area contributed by atoms with Crippen molar-refractivity contribution >= 4 is 11.8 Å². The molecule has 2 heterocycles. The minimum absolute atomic E-state index is 0.126. The molecule has 1 atom stereocenters. The highest BCUT2D eigenvalue weighted by Gasteiger charge is 2.49. The summed E-state index contributed by atoms with van der Waals surface area (Å²) in [5.41, 5.74) is 0.768. The molecule has 0 saturated carbocycles. The molecule has 1 saturated heterocycles. The molecule has 17 heavy (non-hydrogen) atoms. The molecule has 1 aromatic heterocycles. The first-order chi connectivity index (χ1) is 7.95. The second kappa shape index (κ2) is 3.98. The predicted octanol–water partition coefficient (Wildman–Crippen LogP) is 0.793. The summed E-state index contributed by atoms with van der Waals surface area (Å²) in [5, 5.41) is 4.22. The van der Waals surface area contributed by atoms with Gasteiger partial charge in [-0.15, -0.1) is 0 Å². The number of carbonyl (C=O) groups is 2. The lowest BCUT2D eigenvalue weighted by Crippen LogP contribution is -2.37. The molecule has 0 N–H and O–H groups in total. The van der Waals surface area contributed by atoms with E-state index in [0.29, 0.717) is 19.4 Å². The van der Waals surface area contributed by atoms with Crippen LogP contribution >= 0.6 is 0 Å². The average molecular weight is 236 g/mol. The lowest BCUT2D eigenvalue weighted by molar-refractivity contribution is -0.150. The highest BCUT2D eigenvalue weighted by atomic mass is 16.5. The quantitative estimate of drug-likeness (QED) is 0.575. The van der Waals surface area contributed by atoms with Crippen molar-refractivity contribution in [3.8, 4) is 0 Å². The standard InChI is InChI=1S/C12H16N2O3/c1-8-6-10(14(3)13-8)7-12(9(2)15)4-5-17-11(12)16/h6H,4-5,7H2,1-3H3. The van der Waals surface area contributed by atoms with Crippen LogP contribution in [0.15, 0.2) is 6.07 Å². The van der Waals surface area contributed by atoms with Crippen molar-refractivity contribution < 1.29 is 14.3 Å². The molecular weight excluding hydrogens is 220 g/mol. The van der Waals surface area contributed by atoms with Crippen molar-refractivity contribution in [1.29, 1.82) is 0 Å². The fourth-order valence-corrected chi connectivity index (χ4v) is 2.30. The Morgan fingerprint density at radius 2 is 2.35 bits per heavy atom. The Morgan fingerprint density at radius 1 is 1.65 bits per heavy atom. The molecule has 1 aliphatic rings. The van der Waals surface area contributed by atoms with Gasteiger partial charge < -0.3 is 4.74 Å². The number of carbonyl (C=O) groups excluding carboxylic acids is 2. The Kier molecular flexibility index (Phi) is 2.77. The topological polar surface area (TPSA) is 61.2 Å². The smallest absolute Gasteiger partial charge is 0.320 e. The molecule has 0 spiro atoms. The molecule has 1 aromatic rings. The number of hydrogen-bond donors (Lipinski definition) is 0. The molecule has 0 radical (unpaired) electrons. The summed E-state index contributed by atoms with van der Waals surface area (Å²) in [5.74, 6) is -0.525. The Balaban J connectivity index is 2.34. The van der Waals surface area contributed by atoms with E-state index >= 15 is 0 Å². The summed E-state index contributed by atoms with van der Waals surface area (Å²) >= 11 is 0. The van der Waals surface area contributed by atoms with E-state index in [4.69, 9.17) is 4.74 Å². The Hall–Kier alpha value is -1.65. The van der Waals surface area contributed by atoms with E-state index in [9.17, 15) is 9.59 Å². The van der Waals surface area contributed by atoms with Gasteiger partial charge in [0.15, 0.2) is 0 Å². The van der Waals surface area contributed by atoms with Crippen molar-refractivity contribution in [3.05, 3.63) is 17.5 Å². The minimum atomic E-state index is -1.000. The summed E-state index contributed by atoms with van der Waals surface area (Å²) in [6.07, 6.45) is 0.837. The van der Waals surface area contributed by atoms with E-state index in [1.54, 1.807) is 4.68 Å². The lowest BCUT2D eigenvalue weighted by atomic mass is 9.78. The number of esters is 1. The Labute approximate surface area is 99.8 Å². The van der Waals surface area contributed by atoms with Gasteiger partial charge in [0, 0.05) is 25.6 Å². The van der Waals surface area contributed by atoms with E-state index in [0.717, 1.165) is 11.4 Å². The molecule has 0 amide bonds. The number of hydrogen-bond acceptors (Lipinski definition) is 4. The maximum absolute atomic E-state index is 11.8. The number of nitrogens with zero attached hydrogens (tertiary/aromatic N) is 2. The minimum Gasteiger partial charge on any atom is -0.465 e. The molecule has 92 valence electrons. The van der Waals surface area contributed by atoms with Crippen LogP contribution in [0.25, 0.3) is 0 Å². The van der Waals surface area contributed by atoms with Crippen LogP contribution in [-0.4, -0.2) is 28.1 Å². The van der Waals surface area contributed by atoms with Crippen LogP contribution in [0, 0.1) is 12.3 Å². The van der Waals surface area contributed by atoms with Crippen molar-refractivity contribution in [2.75, 3.05) is 6.61 Å². The Morgan fingerprint density at radius 3 is 2.76 bits per heavy atom. The summed E-state index contributed by atoms with van der Waals surface area (Å²) in [4.78, 5) is 23.6. The van der Waals surface area contributed by atoms with Gasteiger partial charge in [-0.2, -0.15) is 5.10 Å². The zero-order chi connectivity index (χ0) is 12.6. The molecule has 0 bridgehead atoms. The largest absolute Gasteiger partial charge is 0.465 e. The molecule has 5 heteroatoms. The van der Waals surface area contributed by atoms with Crippen LogP contribution in [0.2, 0.25) is 0 Å². The van der Waals surface area contributed by atoms with Gasteiger partial charge in [-0.05, 0) is 19.9 Å². The average Bonchev–Trinajstić information content (AvgIpc) is 2.73. The van der Waals surface area contributed by atoms with Gasteiger partial charge in [0.05, 0.1) is 12.3 Å². The van der Waals surface area contributed by atoms with Gasteiger partial charge >= 0.3 is 5.97 Å². The lowest BCUT2D eigenvalue weighted by Gasteiger charge is -2.20. The number of ether oxygens (including phenoxy) is 1. The van der Waals surface area contributed by atoms with E-state index in [-0.39, 0.29) is 5.78 Å². The second-order valence-electron chi connectivity index (χ2n) is 4.60. The van der Waals surface area contributed by atoms with Crippen LogP contribution in [-0.2, 0) is 27.8 Å². The van der Waals surface area contributed by atoms with Gasteiger partial charge in [0.1, 0.15) is 11.2 Å². The van der Waals surface area contributed by atoms with Crippen LogP contribution < -0.4 is 0 Å². The normalized spacial score (nSPS) is 23.8.